The van der Waals surface area contributed by atoms with Crippen molar-refractivity contribution >= 4 is 90.5 Å². The van der Waals surface area contributed by atoms with Crippen LogP contribution in [0.3, 0.4) is 0 Å². The highest BCUT2D eigenvalue weighted by Gasteiger charge is 2.58. The molecule has 5 heteroatoms. The fourth-order valence-corrected chi connectivity index (χ4v) is 15.4. The summed E-state index contributed by atoms with van der Waals surface area (Å²) in [5.74, 6) is 0. The first-order valence-corrected chi connectivity index (χ1v) is 29.2. The maximum Gasteiger partial charge on any atom is 0.252 e. The van der Waals surface area contributed by atoms with Gasteiger partial charge in [0.05, 0.1) is 16.9 Å². The second-order valence-electron chi connectivity index (χ2n) is 28.0. The van der Waals surface area contributed by atoms with Gasteiger partial charge in [0.1, 0.15) is 5.58 Å². The number of fused-ring (bicyclic) bond motifs is 11. The van der Waals surface area contributed by atoms with Crippen molar-refractivity contribution in [3.05, 3.63) is 185 Å². The fraction of sp³-hybridized carbons (Fsp3) is 0.342. The molecule has 4 nitrogen and oxygen atoms in total. The second kappa shape index (κ2) is 16.5. The van der Waals surface area contributed by atoms with Crippen LogP contribution in [-0.2, 0) is 27.1 Å². The number of benzene rings is 8. The third-order valence-electron chi connectivity index (χ3n) is 20.2. The summed E-state index contributed by atoms with van der Waals surface area (Å²) in [5, 5.41) is 2.32. The van der Waals surface area contributed by atoms with Gasteiger partial charge < -0.3 is 19.1 Å². The Bertz CT molecular complexity index is 3980. The van der Waals surface area contributed by atoms with Crippen LogP contribution < -0.4 is 31.1 Å². The zero-order chi connectivity index (χ0) is 54.2. The molecule has 14 rings (SSSR count). The molecule has 0 bridgehead atoms. The van der Waals surface area contributed by atoms with Gasteiger partial charge in [-0.1, -0.05) is 174 Å². The van der Waals surface area contributed by atoms with Crippen LogP contribution in [0.4, 0.5) is 45.5 Å². The van der Waals surface area contributed by atoms with Crippen molar-refractivity contribution in [3.8, 4) is 11.1 Å². The number of para-hydroxylation sites is 2. The van der Waals surface area contributed by atoms with Crippen LogP contribution in [0.5, 0.6) is 0 Å². The molecule has 2 unspecified atom stereocenters. The number of nitrogens with zero attached hydrogens (tertiary/aromatic N) is 3. The molecule has 0 spiro atoms. The maximum atomic E-state index is 7.18. The highest BCUT2D eigenvalue weighted by Crippen LogP contribution is 2.61. The van der Waals surface area contributed by atoms with E-state index in [2.05, 4.69) is 256 Å². The van der Waals surface area contributed by atoms with E-state index in [9.17, 15) is 0 Å². The van der Waals surface area contributed by atoms with E-state index < -0.39 is 0 Å². The number of hydrogen-bond donors (Lipinski definition) is 0. The minimum atomic E-state index is -0.0880. The number of anilines is 8. The second-order valence-corrected chi connectivity index (χ2v) is 28.0. The minimum Gasteiger partial charge on any atom is -0.454 e. The van der Waals surface area contributed by atoms with E-state index in [1.807, 2.05) is 0 Å². The molecule has 0 amide bonds. The predicted octanol–water partition coefficient (Wildman–Crippen LogP) is 18.3. The van der Waals surface area contributed by atoms with E-state index in [4.69, 9.17) is 4.42 Å². The fourth-order valence-electron chi connectivity index (χ4n) is 15.4. The number of hydrogen-bond acceptors (Lipinski definition) is 4. The monoisotopic (exact) mass is 1020 g/mol. The zero-order valence-electron chi connectivity index (χ0n) is 48.5. The van der Waals surface area contributed by atoms with Crippen molar-refractivity contribution in [2.75, 3.05) is 14.7 Å². The molecular formula is C73H76BN3O. The Labute approximate surface area is 464 Å². The minimum absolute atomic E-state index is 0.000270. The molecule has 5 aliphatic rings. The number of furan rings is 1. The van der Waals surface area contributed by atoms with Crippen molar-refractivity contribution < 1.29 is 4.42 Å². The summed E-state index contributed by atoms with van der Waals surface area (Å²) >= 11 is 0. The van der Waals surface area contributed by atoms with Crippen LogP contribution in [0.1, 0.15) is 155 Å². The molecule has 2 aliphatic carbocycles. The van der Waals surface area contributed by atoms with Crippen molar-refractivity contribution in [2.24, 2.45) is 0 Å². The Morgan fingerprint density at radius 2 is 1.10 bits per heavy atom. The lowest BCUT2D eigenvalue weighted by Crippen LogP contribution is -2.62. The summed E-state index contributed by atoms with van der Waals surface area (Å²) in [6.45, 7) is 31.2. The molecule has 9 aromatic rings. The topological polar surface area (TPSA) is 22.9 Å². The van der Waals surface area contributed by atoms with Crippen LogP contribution in [0.2, 0.25) is 0 Å². The first-order chi connectivity index (χ1) is 37.1. The van der Waals surface area contributed by atoms with Crippen LogP contribution in [0.25, 0.3) is 33.1 Å². The van der Waals surface area contributed by atoms with Crippen LogP contribution in [-0.4, -0.2) is 12.3 Å². The number of rotatable bonds is 4. The summed E-state index contributed by atoms with van der Waals surface area (Å²) in [4.78, 5) is 8.08. The lowest BCUT2D eigenvalue weighted by atomic mass is 9.33. The van der Waals surface area contributed by atoms with E-state index in [1.54, 1.807) is 0 Å². The smallest absolute Gasteiger partial charge is 0.252 e. The van der Waals surface area contributed by atoms with Gasteiger partial charge in [0, 0.05) is 55.9 Å². The molecule has 1 fully saturated rings. The van der Waals surface area contributed by atoms with Crippen molar-refractivity contribution in [2.45, 2.75) is 161 Å². The molecule has 1 aromatic heterocycles. The molecule has 8 aromatic carbocycles. The Morgan fingerprint density at radius 1 is 0.474 bits per heavy atom. The first kappa shape index (κ1) is 49.3. The lowest BCUT2D eigenvalue weighted by Gasteiger charge is -2.51. The van der Waals surface area contributed by atoms with Crippen molar-refractivity contribution in [1.29, 1.82) is 0 Å². The van der Waals surface area contributed by atoms with Gasteiger partial charge in [0.2, 0.25) is 0 Å². The highest BCUT2D eigenvalue weighted by atomic mass is 16.3. The van der Waals surface area contributed by atoms with E-state index in [-0.39, 0.29) is 39.3 Å². The first-order valence-electron chi connectivity index (χ1n) is 29.2. The maximum absolute atomic E-state index is 7.18. The molecule has 392 valence electrons. The Kier molecular flexibility index (Phi) is 10.5. The molecule has 0 radical (unpaired) electrons. The molecule has 78 heavy (non-hydrogen) atoms. The van der Waals surface area contributed by atoms with Gasteiger partial charge in [-0.2, -0.15) is 0 Å². The van der Waals surface area contributed by atoms with Gasteiger partial charge in [-0.3, -0.25) is 0 Å². The van der Waals surface area contributed by atoms with E-state index >= 15 is 0 Å². The normalized spacial score (nSPS) is 20.8. The third-order valence-corrected chi connectivity index (χ3v) is 20.2. The largest absolute Gasteiger partial charge is 0.454 e. The lowest BCUT2D eigenvalue weighted by molar-refractivity contribution is 0.195. The molecule has 2 atom stereocenters. The van der Waals surface area contributed by atoms with E-state index in [1.165, 1.54) is 125 Å². The molecule has 0 saturated heterocycles. The van der Waals surface area contributed by atoms with Gasteiger partial charge in [-0.05, 0) is 183 Å². The highest BCUT2D eigenvalue weighted by molar-refractivity contribution is 7.00. The van der Waals surface area contributed by atoms with Crippen LogP contribution in [0.15, 0.2) is 156 Å². The van der Waals surface area contributed by atoms with Gasteiger partial charge in [-0.25, -0.2) is 0 Å². The summed E-state index contributed by atoms with van der Waals surface area (Å²) in [6.07, 6.45) is 7.12. The standard InChI is InChI=1S/C73H76BN3O/c1-45-38-63-66-64(39-45)76(60-27-21-24-50-52-41-48(69(5,6)7)29-33-65(52)78-67(50)60)62-44-55-54(70(8,9)36-37-71(55,10)11)43-57(62)74(66)56-31-30-49(77-59-26-18-17-25-53(59)72(12)34-19-20-35-73(72,77)13)42-61(56)75(63)58-32-28-47(68(2,3)4)40-51(58)46-22-15-14-16-23-46/h14-18,21-33,38-44H,19-20,34-37H2,1-13H3. The summed E-state index contributed by atoms with van der Waals surface area (Å²) < 4.78 is 7.18. The molecule has 3 aliphatic heterocycles. The summed E-state index contributed by atoms with van der Waals surface area (Å²) in [6, 6.07) is 59.4. The Hall–Kier alpha value is -6.98. The van der Waals surface area contributed by atoms with Crippen LogP contribution in [0, 0.1) is 6.92 Å². The predicted molar refractivity (Wildman–Crippen MR) is 333 cm³/mol. The molecule has 1 saturated carbocycles. The van der Waals surface area contributed by atoms with Crippen molar-refractivity contribution in [1.82, 2.24) is 0 Å². The SMILES string of the molecule is Cc1cc2c3c(c1)N(c1cccc4c1oc1ccc(C(C)(C)C)cc14)c1cc4c(cc1B3c1ccc(N3c5ccccc5C5(C)CCCCC35C)cc1N2c1ccc(C(C)(C)C)cc1-c1ccccc1)C(C)(C)CCC4(C)C. The van der Waals surface area contributed by atoms with E-state index in [0.717, 1.165) is 41.5 Å². The summed E-state index contributed by atoms with van der Waals surface area (Å²) in [5.41, 5.74) is 26.3. The van der Waals surface area contributed by atoms with Gasteiger partial charge in [-0.15, -0.1) is 0 Å². The Balaban J connectivity index is 1.10. The third kappa shape index (κ3) is 6.97. The van der Waals surface area contributed by atoms with Gasteiger partial charge in [0.25, 0.3) is 6.71 Å². The van der Waals surface area contributed by atoms with Crippen molar-refractivity contribution in [3.63, 3.8) is 0 Å². The Morgan fingerprint density at radius 3 is 1.83 bits per heavy atom. The zero-order valence-corrected chi connectivity index (χ0v) is 48.5. The van der Waals surface area contributed by atoms with Crippen LogP contribution >= 0.6 is 0 Å². The average Bonchev–Trinajstić information content (AvgIpc) is 3.63. The molecule has 4 heterocycles. The van der Waals surface area contributed by atoms with E-state index in [0.29, 0.717) is 0 Å². The molecular weight excluding hydrogens is 946 g/mol. The van der Waals surface area contributed by atoms with Gasteiger partial charge in [0.15, 0.2) is 5.58 Å². The average molecular weight is 1020 g/mol. The number of aryl methyl sites for hydroxylation is 1. The quantitative estimate of drug-likeness (QED) is 0.164. The molecule has 0 N–H and O–H groups in total. The van der Waals surface area contributed by atoms with Gasteiger partial charge >= 0.3 is 0 Å². The summed E-state index contributed by atoms with van der Waals surface area (Å²) in [7, 11) is 0.